The van der Waals surface area contributed by atoms with Crippen molar-refractivity contribution in [2.24, 2.45) is 0 Å². The quantitative estimate of drug-likeness (QED) is 0.651. The first-order valence-corrected chi connectivity index (χ1v) is 6.51. The van der Waals surface area contributed by atoms with Crippen molar-refractivity contribution in [3.05, 3.63) is 83.6 Å². The van der Waals surface area contributed by atoms with Gasteiger partial charge in [-0.1, -0.05) is 60.7 Å². The molecule has 1 heterocycles. The number of benzene rings is 2. The fraction of sp³-hybridized carbons (Fsp3) is 0.0556. The Morgan fingerprint density at radius 3 is 2.15 bits per heavy atom. The molecule has 2 heteroatoms. The van der Waals surface area contributed by atoms with E-state index >= 15 is 0 Å². The molecular formula is C18H14O2. The van der Waals surface area contributed by atoms with E-state index in [1.165, 1.54) is 0 Å². The fourth-order valence-electron chi connectivity index (χ4n) is 2.17. The predicted octanol–water partition coefficient (Wildman–Crippen LogP) is 4.49. The summed E-state index contributed by atoms with van der Waals surface area (Å²) in [5, 5.41) is 0. The summed E-state index contributed by atoms with van der Waals surface area (Å²) in [4.78, 5) is 12.4. The Morgan fingerprint density at radius 1 is 0.900 bits per heavy atom. The first-order chi connectivity index (χ1) is 9.75. The summed E-state index contributed by atoms with van der Waals surface area (Å²) in [6.45, 7) is 1.89. The van der Waals surface area contributed by atoms with Gasteiger partial charge in [0, 0.05) is 11.1 Å². The molecule has 0 saturated carbocycles. The van der Waals surface area contributed by atoms with Crippen LogP contribution in [0.4, 0.5) is 0 Å². The molecular weight excluding hydrogens is 248 g/mol. The third-order valence-corrected chi connectivity index (χ3v) is 3.22. The average Bonchev–Trinajstić information content (AvgIpc) is 2.90. The largest absolute Gasteiger partial charge is 0.452 e. The molecule has 0 spiro atoms. The van der Waals surface area contributed by atoms with E-state index in [1.54, 1.807) is 12.1 Å². The molecule has 0 fully saturated rings. The van der Waals surface area contributed by atoms with Crippen LogP contribution < -0.4 is 0 Å². The van der Waals surface area contributed by atoms with E-state index in [0.717, 1.165) is 16.9 Å². The van der Waals surface area contributed by atoms with Crippen LogP contribution in [0, 0.1) is 6.92 Å². The monoisotopic (exact) mass is 262 g/mol. The molecule has 0 atom stereocenters. The SMILES string of the molecule is Cc1cc(-c2ccccc2)oc1C(=O)c1ccccc1. The Morgan fingerprint density at radius 2 is 1.50 bits per heavy atom. The van der Waals surface area contributed by atoms with E-state index in [2.05, 4.69) is 0 Å². The molecule has 2 nitrogen and oxygen atoms in total. The molecule has 1 aromatic heterocycles. The molecule has 0 saturated heterocycles. The van der Waals surface area contributed by atoms with Gasteiger partial charge in [0.15, 0.2) is 5.76 Å². The summed E-state index contributed by atoms with van der Waals surface area (Å²) < 4.78 is 5.77. The van der Waals surface area contributed by atoms with E-state index in [-0.39, 0.29) is 5.78 Å². The maximum absolute atomic E-state index is 12.4. The van der Waals surface area contributed by atoms with Crippen LogP contribution in [0.15, 0.2) is 71.1 Å². The average molecular weight is 262 g/mol. The second-order valence-electron chi connectivity index (χ2n) is 4.68. The Balaban J connectivity index is 2.00. The zero-order valence-corrected chi connectivity index (χ0v) is 11.2. The van der Waals surface area contributed by atoms with Crippen molar-refractivity contribution in [1.29, 1.82) is 0 Å². The van der Waals surface area contributed by atoms with Crippen molar-refractivity contribution in [3.8, 4) is 11.3 Å². The van der Waals surface area contributed by atoms with Crippen molar-refractivity contribution in [1.82, 2.24) is 0 Å². The molecule has 98 valence electrons. The van der Waals surface area contributed by atoms with E-state index in [9.17, 15) is 4.79 Å². The maximum Gasteiger partial charge on any atom is 0.228 e. The number of carbonyl (C=O) groups excluding carboxylic acids is 1. The van der Waals surface area contributed by atoms with E-state index < -0.39 is 0 Å². The van der Waals surface area contributed by atoms with Gasteiger partial charge < -0.3 is 4.42 Å². The standard InChI is InChI=1S/C18H14O2/c1-13-12-16(14-8-4-2-5-9-14)20-18(13)17(19)15-10-6-3-7-11-15/h2-12H,1H3. The van der Waals surface area contributed by atoms with E-state index in [0.29, 0.717) is 11.3 Å². The molecule has 0 unspecified atom stereocenters. The first-order valence-electron chi connectivity index (χ1n) is 6.51. The Hall–Kier alpha value is -2.61. The number of carbonyl (C=O) groups is 1. The van der Waals surface area contributed by atoms with Gasteiger partial charge in [0.2, 0.25) is 5.78 Å². The number of hydrogen-bond acceptors (Lipinski definition) is 2. The molecule has 0 aliphatic rings. The van der Waals surface area contributed by atoms with Crippen LogP contribution in [0.25, 0.3) is 11.3 Å². The van der Waals surface area contributed by atoms with Gasteiger partial charge in [-0.3, -0.25) is 4.79 Å². The van der Waals surface area contributed by atoms with Crippen LogP contribution >= 0.6 is 0 Å². The van der Waals surface area contributed by atoms with Crippen LogP contribution in [0.3, 0.4) is 0 Å². The number of aryl methyl sites for hydroxylation is 1. The molecule has 0 radical (unpaired) electrons. The lowest BCUT2D eigenvalue weighted by Gasteiger charge is -1.99. The summed E-state index contributed by atoms with van der Waals surface area (Å²) in [5.74, 6) is 1.06. The van der Waals surface area contributed by atoms with Crippen molar-refractivity contribution >= 4 is 5.78 Å². The summed E-state index contributed by atoms with van der Waals surface area (Å²) >= 11 is 0. The van der Waals surface area contributed by atoms with E-state index in [1.807, 2.05) is 61.5 Å². The minimum absolute atomic E-state index is 0.0784. The summed E-state index contributed by atoms with van der Waals surface area (Å²) in [6, 6.07) is 20.9. The molecule has 0 aliphatic heterocycles. The number of rotatable bonds is 3. The van der Waals surface area contributed by atoms with Crippen LogP contribution in [0.2, 0.25) is 0 Å². The second-order valence-corrected chi connectivity index (χ2v) is 4.68. The van der Waals surface area contributed by atoms with Gasteiger partial charge in [0.1, 0.15) is 5.76 Å². The fourth-order valence-corrected chi connectivity index (χ4v) is 2.17. The highest BCUT2D eigenvalue weighted by molar-refractivity contribution is 6.08. The second kappa shape index (κ2) is 5.17. The lowest BCUT2D eigenvalue weighted by atomic mass is 10.1. The minimum atomic E-state index is -0.0784. The van der Waals surface area contributed by atoms with Crippen molar-refractivity contribution < 1.29 is 9.21 Å². The number of ketones is 1. The Labute approximate surface area is 117 Å². The molecule has 20 heavy (non-hydrogen) atoms. The summed E-state index contributed by atoms with van der Waals surface area (Å²) in [6.07, 6.45) is 0. The molecule has 2 aromatic carbocycles. The highest BCUT2D eigenvalue weighted by Crippen LogP contribution is 2.26. The van der Waals surface area contributed by atoms with Gasteiger partial charge in [0.25, 0.3) is 0 Å². The Kier molecular flexibility index (Phi) is 3.21. The van der Waals surface area contributed by atoms with Gasteiger partial charge in [-0.25, -0.2) is 0 Å². The predicted molar refractivity (Wildman–Crippen MR) is 78.8 cm³/mol. The van der Waals surface area contributed by atoms with Crippen LogP contribution in [0.5, 0.6) is 0 Å². The molecule has 3 rings (SSSR count). The normalized spacial score (nSPS) is 10.4. The summed E-state index contributed by atoms with van der Waals surface area (Å²) in [7, 11) is 0. The third kappa shape index (κ3) is 2.28. The topological polar surface area (TPSA) is 30.2 Å². The number of furan rings is 1. The highest BCUT2D eigenvalue weighted by Gasteiger charge is 2.17. The zero-order valence-electron chi connectivity index (χ0n) is 11.2. The molecule has 0 aliphatic carbocycles. The first kappa shape index (κ1) is 12.4. The van der Waals surface area contributed by atoms with Gasteiger partial charge in [0.05, 0.1) is 0 Å². The molecule has 0 N–H and O–H groups in total. The van der Waals surface area contributed by atoms with Crippen molar-refractivity contribution in [2.45, 2.75) is 6.92 Å². The van der Waals surface area contributed by atoms with E-state index in [4.69, 9.17) is 4.42 Å². The van der Waals surface area contributed by atoms with Crippen LogP contribution in [-0.4, -0.2) is 5.78 Å². The molecule has 0 bridgehead atoms. The smallest absolute Gasteiger partial charge is 0.228 e. The number of hydrogen-bond donors (Lipinski definition) is 0. The summed E-state index contributed by atoms with van der Waals surface area (Å²) in [5.41, 5.74) is 2.48. The van der Waals surface area contributed by atoms with Gasteiger partial charge in [-0.05, 0) is 18.6 Å². The Bertz CT molecular complexity index is 725. The maximum atomic E-state index is 12.4. The highest BCUT2D eigenvalue weighted by atomic mass is 16.3. The van der Waals surface area contributed by atoms with Crippen molar-refractivity contribution in [2.75, 3.05) is 0 Å². The van der Waals surface area contributed by atoms with Crippen LogP contribution in [-0.2, 0) is 0 Å². The minimum Gasteiger partial charge on any atom is -0.452 e. The molecule has 0 amide bonds. The van der Waals surface area contributed by atoms with Crippen molar-refractivity contribution in [3.63, 3.8) is 0 Å². The lowest BCUT2D eigenvalue weighted by Crippen LogP contribution is -2.00. The molecule has 3 aromatic rings. The third-order valence-electron chi connectivity index (χ3n) is 3.22. The van der Waals surface area contributed by atoms with Gasteiger partial charge in [-0.2, -0.15) is 0 Å². The van der Waals surface area contributed by atoms with Gasteiger partial charge in [-0.15, -0.1) is 0 Å². The van der Waals surface area contributed by atoms with Crippen LogP contribution in [0.1, 0.15) is 21.7 Å². The zero-order chi connectivity index (χ0) is 13.9. The lowest BCUT2D eigenvalue weighted by molar-refractivity contribution is 0.101. The van der Waals surface area contributed by atoms with Gasteiger partial charge >= 0.3 is 0 Å².